The molecule has 0 aromatic heterocycles. The number of anilines is 1. The van der Waals surface area contributed by atoms with E-state index < -0.39 is 5.82 Å². The first-order valence-electron chi connectivity index (χ1n) is 5.34. The molecule has 88 valence electrons. The Morgan fingerprint density at radius 1 is 1.50 bits per heavy atom. The van der Waals surface area contributed by atoms with E-state index in [0.29, 0.717) is 37.0 Å². The molecule has 1 aromatic carbocycles. The van der Waals surface area contributed by atoms with Gasteiger partial charge in [0.1, 0.15) is 5.82 Å². The van der Waals surface area contributed by atoms with Crippen LogP contribution < -0.4 is 4.90 Å². The molecule has 0 fully saturated rings. The Balaban J connectivity index is 3.02. The van der Waals surface area contributed by atoms with E-state index in [1.807, 2.05) is 6.92 Å². The second kappa shape index (κ2) is 6.23. The predicted molar refractivity (Wildman–Crippen MR) is 61.4 cm³/mol. The first-order valence-corrected chi connectivity index (χ1v) is 5.34. The van der Waals surface area contributed by atoms with E-state index in [4.69, 9.17) is 5.11 Å². The summed E-state index contributed by atoms with van der Waals surface area (Å²) in [5.74, 6) is -0.399. The summed E-state index contributed by atoms with van der Waals surface area (Å²) in [5.41, 5.74) is 0.674. The highest BCUT2D eigenvalue weighted by Gasteiger charge is 2.13. The summed E-state index contributed by atoms with van der Waals surface area (Å²) < 4.78 is 13.6. The van der Waals surface area contributed by atoms with Crippen LogP contribution in [0.25, 0.3) is 0 Å². The Kier molecular flexibility index (Phi) is 4.92. The maximum absolute atomic E-state index is 13.6. The lowest BCUT2D eigenvalue weighted by atomic mass is 10.1. The molecule has 1 rings (SSSR count). The molecule has 0 bridgehead atoms. The Labute approximate surface area is 94.5 Å². The number of aliphatic hydroxyl groups is 1. The molecular weight excluding hydrogens is 209 g/mol. The van der Waals surface area contributed by atoms with Crippen LogP contribution in [0.1, 0.15) is 23.7 Å². The van der Waals surface area contributed by atoms with Crippen LogP contribution in [0.5, 0.6) is 0 Å². The summed E-state index contributed by atoms with van der Waals surface area (Å²) in [6.45, 7) is 3.08. The predicted octanol–water partition coefficient (Wildman–Crippen LogP) is 1.85. The quantitative estimate of drug-likeness (QED) is 0.751. The van der Waals surface area contributed by atoms with Crippen molar-refractivity contribution < 1.29 is 14.3 Å². The van der Waals surface area contributed by atoms with E-state index in [0.717, 1.165) is 0 Å². The first-order chi connectivity index (χ1) is 7.74. The van der Waals surface area contributed by atoms with Crippen molar-refractivity contribution in [3.05, 3.63) is 29.6 Å². The molecule has 1 aromatic rings. The normalized spacial score (nSPS) is 10.2. The number of nitrogens with zero attached hydrogens (tertiary/aromatic N) is 1. The fourth-order valence-corrected chi connectivity index (χ4v) is 1.65. The van der Waals surface area contributed by atoms with Gasteiger partial charge in [-0.2, -0.15) is 0 Å². The van der Waals surface area contributed by atoms with Crippen molar-refractivity contribution in [2.75, 3.05) is 24.6 Å². The Hall–Kier alpha value is -1.42. The van der Waals surface area contributed by atoms with E-state index in [2.05, 4.69) is 0 Å². The van der Waals surface area contributed by atoms with Gasteiger partial charge in [-0.15, -0.1) is 0 Å². The number of hydrogen-bond donors (Lipinski definition) is 1. The van der Waals surface area contributed by atoms with Crippen molar-refractivity contribution >= 4 is 12.0 Å². The maximum Gasteiger partial charge on any atom is 0.152 e. The van der Waals surface area contributed by atoms with Crippen LogP contribution in [0.3, 0.4) is 0 Å². The van der Waals surface area contributed by atoms with Gasteiger partial charge in [0, 0.05) is 25.3 Å². The van der Waals surface area contributed by atoms with Gasteiger partial charge in [-0.1, -0.05) is 6.07 Å². The molecule has 16 heavy (non-hydrogen) atoms. The zero-order chi connectivity index (χ0) is 12.0. The van der Waals surface area contributed by atoms with Crippen LogP contribution in [0.4, 0.5) is 10.1 Å². The molecule has 0 atom stereocenters. The molecule has 0 aliphatic carbocycles. The smallest absolute Gasteiger partial charge is 0.152 e. The number of hydrogen-bond acceptors (Lipinski definition) is 3. The van der Waals surface area contributed by atoms with Crippen molar-refractivity contribution in [3.63, 3.8) is 0 Å². The van der Waals surface area contributed by atoms with Gasteiger partial charge in [0.2, 0.25) is 0 Å². The lowest BCUT2D eigenvalue weighted by Gasteiger charge is -2.24. The average molecular weight is 225 g/mol. The monoisotopic (exact) mass is 225 g/mol. The fourth-order valence-electron chi connectivity index (χ4n) is 1.65. The zero-order valence-corrected chi connectivity index (χ0v) is 9.32. The fraction of sp³-hybridized carbons (Fsp3) is 0.417. The van der Waals surface area contributed by atoms with Gasteiger partial charge >= 0.3 is 0 Å². The molecule has 1 N–H and O–H groups in total. The molecule has 0 unspecified atom stereocenters. The van der Waals surface area contributed by atoms with Crippen LogP contribution in [0.2, 0.25) is 0 Å². The second-order valence-corrected chi connectivity index (χ2v) is 3.45. The molecular formula is C12H16FNO2. The van der Waals surface area contributed by atoms with E-state index in [1.54, 1.807) is 11.0 Å². The standard InChI is InChI=1S/C12H16FNO2/c1-2-14(7-4-8-15)12-10(9-16)5-3-6-11(12)13/h3,5-6,9,15H,2,4,7-8H2,1H3. The van der Waals surface area contributed by atoms with Gasteiger partial charge < -0.3 is 10.0 Å². The van der Waals surface area contributed by atoms with E-state index in [-0.39, 0.29) is 6.61 Å². The van der Waals surface area contributed by atoms with Crippen LogP contribution >= 0.6 is 0 Å². The summed E-state index contributed by atoms with van der Waals surface area (Å²) in [7, 11) is 0. The van der Waals surface area contributed by atoms with Crippen molar-refractivity contribution in [2.45, 2.75) is 13.3 Å². The topological polar surface area (TPSA) is 40.5 Å². The third-order valence-electron chi connectivity index (χ3n) is 2.43. The minimum Gasteiger partial charge on any atom is -0.396 e. The summed E-state index contributed by atoms with van der Waals surface area (Å²) in [6, 6.07) is 4.44. The molecule has 0 heterocycles. The minimum atomic E-state index is -0.399. The third-order valence-corrected chi connectivity index (χ3v) is 2.43. The van der Waals surface area contributed by atoms with E-state index >= 15 is 0 Å². The van der Waals surface area contributed by atoms with Gasteiger partial charge in [-0.25, -0.2) is 4.39 Å². The molecule has 0 amide bonds. The van der Waals surface area contributed by atoms with Crippen LogP contribution in [0.15, 0.2) is 18.2 Å². The number of benzene rings is 1. The lowest BCUT2D eigenvalue weighted by Crippen LogP contribution is -2.26. The van der Waals surface area contributed by atoms with Crippen molar-refractivity contribution in [1.29, 1.82) is 0 Å². The Morgan fingerprint density at radius 2 is 2.25 bits per heavy atom. The number of carbonyl (C=O) groups excluding carboxylic acids is 1. The Bertz CT molecular complexity index is 355. The SMILES string of the molecule is CCN(CCCO)c1c(F)cccc1C=O. The summed E-state index contributed by atoms with van der Waals surface area (Å²) in [5, 5.41) is 8.76. The van der Waals surface area contributed by atoms with Crippen molar-refractivity contribution in [1.82, 2.24) is 0 Å². The number of aliphatic hydroxyl groups excluding tert-OH is 1. The van der Waals surface area contributed by atoms with Gasteiger partial charge in [0.25, 0.3) is 0 Å². The molecule has 0 aliphatic heterocycles. The zero-order valence-electron chi connectivity index (χ0n) is 9.32. The summed E-state index contributed by atoms with van der Waals surface area (Å²) in [6.07, 6.45) is 1.21. The maximum atomic E-state index is 13.6. The lowest BCUT2D eigenvalue weighted by molar-refractivity contribution is 0.112. The molecule has 0 aliphatic rings. The number of carbonyl (C=O) groups is 1. The highest BCUT2D eigenvalue weighted by atomic mass is 19.1. The summed E-state index contributed by atoms with van der Waals surface area (Å²) in [4.78, 5) is 12.6. The van der Waals surface area contributed by atoms with Crippen molar-refractivity contribution in [2.24, 2.45) is 0 Å². The third kappa shape index (κ3) is 2.79. The molecule has 3 nitrogen and oxygen atoms in total. The van der Waals surface area contributed by atoms with Gasteiger partial charge in [-0.3, -0.25) is 4.79 Å². The van der Waals surface area contributed by atoms with Gasteiger partial charge in [0.15, 0.2) is 6.29 Å². The minimum absolute atomic E-state index is 0.0569. The molecule has 0 saturated heterocycles. The molecule has 0 spiro atoms. The molecule has 0 radical (unpaired) electrons. The van der Waals surface area contributed by atoms with Crippen molar-refractivity contribution in [3.8, 4) is 0 Å². The average Bonchev–Trinajstić information content (AvgIpc) is 2.31. The number of rotatable bonds is 6. The van der Waals surface area contributed by atoms with Crippen LogP contribution in [-0.4, -0.2) is 31.1 Å². The molecule has 4 heteroatoms. The van der Waals surface area contributed by atoms with Crippen LogP contribution in [0, 0.1) is 5.82 Å². The number of para-hydroxylation sites is 1. The largest absolute Gasteiger partial charge is 0.396 e. The van der Waals surface area contributed by atoms with E-state index in [1.165, 1.54) is 12.1 Å². The summed E-state index contributed by atoms with van der Waals surface area (Å²) >= 11 is 0. The highest BCUT2D eigenvalue weighted by Crippen LogP contribution is 2.23. The van der Waals surface area contributed by atoms with Gasteiger partial charge in [-0.05, 0) is 25.5 Å². The van der Waals surface area contributed by atoms with E-state index in [9.17, 15) is 9.18 Å². The second-order valence-electron chi connectivity index (χ2n) is 3.45. The number of halogens is 1. The molecule has 0 saturated carbocycles. The highest BCUT2D eigenvalue weighted by molar-refractivity contribution is 5.84. The van der Waals surface area contributed by atoms with Gasteiger partial charge in [0.05, 0.1) is 5.69 Å². The Morgan fingerprint density at radius 3 is 2.81 bits per heavy atom. The first kappa shape index (κ1) is 12.6. The number of aldehydes is 1. The van der Waals surface area contributed by atoms with Crippen LogP contribution in [-0.2, 0) is 0 Å².